The molecule has 4 rings (SSSR count). The van der Waals surface area contributed by atoms with Gasteiger partial charge >= 0.3 is 0 Å². The van der Waals surface area contributed by atoms with E-state index in [1.165, 1.54) is 36.8 Å². The molecule has 1 aliphatic carbocycles. The van der Waals surface area contributed by atoms with Gasteiger partial charge in [-0.05, 0) is 73.1 Å². The maximum Gasteiger partial charge on any atom is 0.193 e. The Morgan fingerprint density at radius 2 is 1.88 bits per heavy atom. The van der Waals surface area contributed by atoms with Gasteiger partial charge in [-0.3, -0.25) is 0 Å². The van der Waals surface area contributed by atoms with Gasteiger partial charge in [0.1, 0.15) is 5.82 Å². The third-order valence-electron chi connectivity index (χ3n) is 5.04. The Bertz CT molecular complexity index is 784. The zero-order chi connectivity index (χ0) is 17.1. The highest BCUT2D eigenvalue weighted by molar-refractivity contribution is 14.0. The number of anilines is 2. The number of hydrogen-bond acceptors (Lipinski definition) is 3. The largest absolute Gasteiger partial charge is 0.370 e. The van der Waals surface area contributed by atoms with Gasteiger partial charge in [-0.2, -0.15) is 0 Å². The van der Waals surface area contributed by atoms with Crippen molar-refractivity contribution in [3.8, 4) is 0 Å². The average Bonchev–Trinajstić information content (AvgIpc) is 3.31. The van der Waals surface area contributed by atoms with Crippen LogP contribution in [0.2, 0.25) is 0 Å². The summed E-state index contributed by atoms with van der Waals surface area (Å²) in [6.45, 7) is 2.76. The maximum absolute atomic E-state index is 6.07. The van der Waals surface area contributed by atoms with Crippen LogP contribution in [0.15, 0.2) is 41.5 Å². The van der Waals surface area contributed by atoms with Crippen LogP contribution in [0.4, 0.5) is 11.5 Å². The lowest BCUT2D eigenvalue weighted by atomic mass is 10.1. The van der Waals surface area contributed by atoms with E-state index in [1.807, 2.05) is 12.3 Å². The van der Waals surface area contributed by atoms with Gasteiger partial charge in [-0.25, -0.2) is 9.98 Å². The van der Waals surface area contributed by atoms with Gasteiger partial charge in [-0.1, -0.05) is 6.07 Å². The number of nitrogens with zero attached hydrogens (tertiary/aromatic N) is 3. The third kappa shape index (κ3) is 4.47. The van der Waals surface area contributed by atoms with E-state index in [-0.39, 0.29) is 24.0 Å². The number of halogens is 1. The summed E-state index contributed by atoms with van der Waals surface area (Å²) >= 11 is 0. The highest BCUT2D eigenvalue weighted by Crippen LogP contribution is 2.24. The Balaban J connectivity index is 0.00000196. The molecule has 0 saturated carbocycles. The fourth-order valence-electron chi connectivity index (χ4n) is 3.69. The molecule has 3 N–H and O–H groups in total. The zero-order valence-corrected chi connectivity index (χ0v) is 17.3. The second-order valence-corrected chi connectivity index (χ2v) is 6.88. The lowest BCUT2D eigenvalue weighted by molar-refractivity contribution is 0.912. The SMILES string of the molecule is I.NC(=NCc1ccnc(N2CCCC2)c1)Nc1ccc2c(c1)CCC2. The summed E-state index contributed by atoms with van der Waals surface area (Å²) in [6.07, 6.45) is 7.98. The zero-order valence-electron chi connectivity index (χ0n) is 14.9. The van der Waals surface area contributed by atoms with E-state index in [2.05, 4.69) is 44.5 Å². The summed E-state index contributed by atoms with van der Waals surface area (Å²) in [7, 11) is 0. The van der Waals surface area contributed by atoms with E-state index in [4.69, 9.17) is 5.73 Å². The van der Waals surface area contributed by atoms with Gasteiger partial charge in [0.15, 0.2) is 5.96 Å². The summed E-state index contributed by atoms with van der Waals surface area (Å²) in [6, 6.07) is 10.6. The predicted molar refractivity (Wildman–Crippen MR) is 119 cm³/mol. The van der Waals surface area contributed by atoms with E-state index in [9.17, 15) is 0 Å². The fourth-order valence-corrected chi connectivity index (χ4v) is 3.69. The Hall–Kier alpha value is -1.83. The van der Waals surface area contributed by atoms with Crippen molar-refractivity contribution in [3.05, 3.63) is 53.2 Å². The van der Waals surface area contributed by atoms with E-state index in [1.54, 1.807) is 0 Å². The van der Waals surface area contributed by atoms with Gasteiger partial charge in [0.25, 0.3) is 0 Å². The van der Waals surface area contributed by atoms with Crippen molar-refractivity contribution in [2.45, 2.75) is 38.6 Å². The first kappa shape index (κ1) is 18.9. The van der Waals surface area contributed by atoms with Crippen molar-refractivity contribution in [1.82, 2.24) is 4.98 Å². The van der Waals surface area contributed by atoms with Crippen molar-refractivity contribution in [3.63, 3.8) is 0 Å². The van der Waals surface area contributed by atoms with Gasteiger partial charge < -0.3 is 16.0 Å². The monoisotopic (exact) mass is 463 g/mol. The molecule has 0 atom stereocenters. The van der Waals surface area contributed by atoms with Gasteiger partial charge in [0.05, 0.1) is 6.54 Å². The number of guanidine groups is 1. The number of nitrogens with one attached hydrogen (secondary N) is 1. The Morgan fingerprint density at radius 3 is 2.73 bits per heavy atom. The normalized spacial score (nSPS) is 16.3. The van der Waals surface area contributed by atoms with Gasteiger partial charge in [-0.15, -0.1) is 24.0 Å². The molecule has 0 spiro atoms. The number of aromatic nitrogens is 1. The van der Waals surface area contributed by atoms with Gasteiger partial charge in [0, 0.05) is 25.0 Å². The van der Waals surface area contributed by atoms with Crippen molar-refractivity contribution >= 4 is 41.4 Å². The molecule has 1 fully saturated rings. The summed E-state index contributed by atoms with van der Waals surface area (Å²) in [5.41, 5.74) is 11.1. The second kappa shape index (κ2) is 8.70. The molecule has 0 amide bonds. The van der Waals surface area contributed by atoms with E-state index >= 15 is 0 Å². The molecule has 2 heterocycles. The first-order valence-electron chi connectivity index (χ1n) is 9.16. The van der Waals surface area contributed by atoms with Crippen LogP contribution in [0.1, 0.15) is 36.0 Å². The molecule has 1 aliphatic heterocycles. The second-order valence-electron chi connectivity index (χ2n) is 6.88. The molecule has 2 aromatic rings. The summed E-state index contributed by atoms with van der Waals surface area (Å²) in [4.78, 5) is 11.3. The minimum atomic E-state index is 0. The van der Waals surface area contributed by atoms with Crippen molar-refractivity contribution in [1.29, 1.82) is 0 Å². The topological polar surface area (TPSA) is 66.5 Å². The van der Waals surface area contributed by atoms with E-state index < -0.39 is 0 Å². The number of rotatable bonds is 4. The molecule has 1 saturated heterocycles. The van der Waals surface area contributed by atoms with Crippen molar-refractivity contribution in [2.75, 3.05) is 23.3 Å². The van der Waals surface area contributed by atoms with Gasteiger partial charge in [0.2, 0.25) is 0 Å². The quantitative estimate of drug-likeness (QED) is 0.412. The van der Waals surface area contributed by atoms with Crippen molar-refractivity contribution in [2.24, 2.45) is 10.7 Å². The molecule has 0 unspecified atom stereocenters. The number of benzene rings is 1. The molecule has 2 aliphatic rings. The highest BCUT2D eigenvalue weighted by Gasteiger charge is 2.13. The highest BCUT2D eigenvalue weighted by atomic mass is 127. The minimum absolute atomic E-state index is 0. The van der Waals surface area contributed by atoms with Crippen LogP contribution >= 0.6 is 24.0 Å². The lowest BCUT2D eigenvalue weighted by Gasteiger charge is -2.16. The van der Waals surface area contributed by atoms with E-state index in [0.29, 0.717) is 12.5 Å². The maximum atomic E-state index is 6.07. The number of pyridine rings is 1. The number of hydrogen-bond donors (Lipinski definition) is 2. The molecular weight excluding hydrogens is 437 g/mol. The number of aliphatic imine (C=N–C) groups is 1. The minimum Gasteiger partial charge on any atom is -0.370 e. The number of fused-ring (bicyclic) bond motifs is 1. The van der Waals surface area contributed by atoms with Crippen LogP contribution in [0, 0.1) is 0 Å². The van der Waals surface area contributed by atoms with E-state index in [0.717, 1.165) is 36.6 Å². The Labute approximate surface area is 172 Å². The molecule has 1 aromatic carbocycles. The number of aryl methyl sites for hydroxylation is 2. The van der Waals surface area contributed by atoms with Crippen LogP contribution in [-0.4, -0.2) is 24.0 Å². The number of nitrogens with two attached hydrogens (primary N) is 1. The Kier molecular flexibility index (Phi) is 6.34. The summed E-state index contributed by atoms with van der Waals surface area (Å²) < 4.78 is 0. The molecule has 138 valence electrons. The molecule has 6 heteroatoms. The fraction of sp³-hybridized carbons (Fsp3) is 0.400. The molecule has 26 heavy (non-hydrogen) atoms. The van der Waals surface area contributed by atoms with Crippen LogP contribution in [0.3, 0.4) is 0 Å². The smallest absolute Gasteiger partial charge is 0.193 e. The third-order valence-corrected chi connectivity index (χ3v) is 5.04. The first-order valence-corrected chi connectivity index (χ1v) is 9.16. The molecule has 1 aromatic heterocycles. The van der Waals surface area contributed by atoms with Crippen LogP contribution in [0.25, 0.3) is 0 Å². The van der Waals surface area contributed by atoms with Crippen LogP contribution in [-0.2, 0) is 19.4 Å². The predicted octanol–water partition coefficient (Wildman–Crippen LogP) is 3.72. The molecular formula is C20H26IN5. The van der Waals surface area contributed by atoms with Crippen LogP contribution in [0.5, 0.6) is 0 Å². The molecule has 0 radical (unpaired) electrons. The van der Waals surface area contributed by atoms with Crippen molar-refractivity contribution < 1.29 is 0 Å². The molecule has 5 nitrogen and oxygen atoms in total. The Morgan fingerprint density at radius 1 is 1.08 bits per heavy atom. The standard InChI is InChI=1S/C20H25N5.HI/c21-20(24-18-7-6-16-4-3-5-17(16)13-18)23-14-15-8-9-22-19(12-15)25-10-1-2-11-25;/h6-9,12-13H,1-5,10-11,14H2,(H3,21,23,24);1H. The first-order chi connectivity index (χ1) is 12.3. The lowest BCUT2D eigenvalue weighted by Crippen LogP contribution is -2.22. The molecule has 0 bridgehead atoms. The average molecular weight is 463 g/mol. The summed E-state index contributed by atoms with van der Waals surface area (Å²) in [5, 5.41) is 3.21. The van der Waals surface area contributed by atoms with Crippen LogP contribution < -0.4 is 16.0 Å². The summed E-state index contributed by atoms with van der Waals surface area (Å²) in [5.74, 6) is 1.51.